The summed E-state index contributed by atoms with van der Waals surface area (Å²) in [6.07, 6.45) is 6.30. The first-order chi connectivity index (χ1) is 10.2. The monoisotopic (exact) mass is 285 g/mol. The molecule has 1 atom stereocenters. The lowest BCUT2D eigenvalue weighted by atomic mass is 10.0. The van der Waals surface area contributed by atoms with Gasteiger partial charge in [0.15, 0.2) is 0 Å². The molecular formula is C17H23N3O. The predicted molar refractivity (Wildman–Crippen MR) is 83.8 cm³/mol. The maximum absolute atomic E-state index is 12.1. The number of nitrogens with zero attached hydrogens (tertiary/aromatic N) is 2. The first-order valence-electron chi connectivity index (χ1n) is 7.53. The molecule has 2 rings (SSSR count). The number of aromatic nitrogens is 2. The summed E-state index contributed by atoms with van der Waals surface area (Å²) in [6.45, 7) is 3.02. The molecule has 4 nitrogen and oxygen atoms in total. The number of carbonyl (C=O) groups excluding carboxylic acids is 1. The van der Waals surface area contributed by atoms with Gasteiger partial charge >= 0.3 is 0 Å². The Bertz CT molecular complexity index is 562. The first-order valence-corrected chi connectivity index (χ1v) is 7.53. The van der Waals surface area contributed by atoms with Crippen LogP contribution in [0.15, 0.2) is 42.7 Å². The van der Waals surface area contributed by atoms with Crippen molar-refractivity contribution in [2.75, 3.05) is 0 Å². The molecular weight excluding hydrogens is 262 g/mol. The van der Waals surface area contributed by atoms with Crippen LogP contribution in [-0.2, 0) is 17.8 Å². The van der Waals surface area contributed by atoms with Crippen LogP contribution in [0.5, 0.6) is 0 Å². The number of Topliss-reactive ketones (excluding diaryl/α,β-unsaturated/α-hetero) is 1. The second kappa shape index (κ2) is 7.74. The standard InChI is InChI=1S/C17H23N3O/c1-2-11-20-12-10-19-17(20)13-15(21)8-9-16(18)14-6-4-3-5-7-14/h3-7,10,12,16H,2,8-9,11,13,18H2,1H3. The average molecular weight is 285 g/mol. The molecule has 0 saturated heterocycles. The lowest BCUT2D eigenvalue weighted by Gasteiger charge is -2.11. The van der Waals surface area contributed by atoms with E-state index in [2.05, 4.69) is 16.5 Å². The van der Waals surface area contributed by atoms with Crippen molar-refractivity contribution in [2.45, 2.75) is 45.2 Å². The minimum Gasteiger partial charge on any atom is -0.335 e. The van der Waals surface area contributed by atoms with Gasteiger partial charge in [0.25, 0.3) is 0 Å². The molecule has 1 aromatic heterocycles. The van der Waals surface area contributed by atoms with Crippen LogP contribution in [0.2, 0.25) is 0 Å². The number of carbonyl (C=O) groups is 1. The highest BCUT2D eigenvalue weighted by atomic mass is 16.1. The fourth-order valence-electron chi connectivity index (χ4n) is 2.40. The second-order valence-electron chi connectivity index (χ2n) is 5.31. The molecule has 0 saturated carbocycles. The summed E-state index contributed by atoms with van der Waals surface area (Å²) in [5, 5.41) is 0. The van der Waals surface area contributed by atoms with Crippen LogP contribution in [0.1, 0.15) is 43.6 Å². The Hall–Kier alpha value is -1.94. The zero-order valence-electron chi connectivity index (χ0n) is 12.5. The van der Waals surface area contributed by atoms with Gasteiger partial charge in [0.2, 0.25) is 0 Å². The average Bonchev–Trinajstić information content (AvgIpc) is 2.93. The van der Waals surface area contributed by atoms with E-state index < -0.39 is 0 Å². The lowest BCUT2D eigenvalue weighted by molar-refractivity contribution is -0.118. The normalized spacial score (nSPS) is 12.3. The number of ketones is 1. The Balaban J connectivity index is 1.83. The SMILES string of the molecule is CCCn1ccnc1CC(=O)CCC(N)c1ccccc1. The van der Waals surface area contributed by atoms with Crippen LogP contribution in [0.25, 0.3) is 0 Å². The molecule has 0 spiro atoms. The molecule has 112 valence electrons. The van der Waals surface area contributed by atoms with Gasteiger partial charge in [-0.1, -0.05) is 37.3 Å². The Morgan fingerprint density at radius 3 is 2.81 bits per heavy atom. The highest BCUT2D eigenvalue weighted by Gasteiger charge is 2.12. The number of aryl methyl sites for hydroxylation is 1. The van der Waals surface area contributed by atoms with Crippen LogP contribution < -0.4 is 5.73 Å². The van der Waals surface area contributed by atoms with Crippen LogP contribution in [0, 0.1) is 0 Å². The molecule has 2 aromatic rings. The summed E-state index contributed by atoms with van der Waals surface area (Å²) in [5.41, 5.74) is 7.20. The number of hydrogen-bond donors (Lipinski definition) is 1. The third-order valence-electron chi connectivity index (χ3n) is 3.58. The second-order valence-corrected chi connectivity index (χ2v) is 5.31. The van der Waals surface area contributed by atoms with E-state index in [0.717, 1.165) is 24.4 Å². The predicted octanol–water partition coefficient (Wildman–Crippen LogP) is 2.88. The zero-order chi connectivity index (χ0) is 15.1. The van der Waals surface area contributed by atoms with E-state index in [-0.39, 0.29) is 11.8 Å². The molecule has 21 heavy (non-hydrogen) atoms. The summed E-state index contributed by atoms with van der Waals surface area (Å²) in [5.74, 6) is 1.06. The number of benzene rings is 1. The van der Waals surface area contributed by atoms with Crippen molar-refractivity contribution < 1.29 is 4.79 Å². The molecule has 0 aliphatic carbocycles. The first kappa shape index (κ1) is 15.4. The molecule has 1 unspecified atom stereocenters. The van der Waals surface area contributed by atoms with Gasteiger partial charge in [0.05, 0.1) is 6.42 Å². The van der Waals surface area contributed by atoms with Gasteiger partial charge in [-0.25, -0.2) is 4.98 Å². The quantitative estimate of drug-likeness (QED) is 0.811. The fraction of sp³-hybridized carbons (Fsp3) is 0.412. The molecule has 0 aliphatic rings. The third-order valence-corrected chi connectivity index (χ3v) is 3.58. The highest BCUT2D eigenvalue weighted by Crippen LogP contribution is 2.16. The van der Waals surface area contributed by atoms with Crippen molar-refractivity contribution in [1.82, 2.24) is 9.55 Å². The van der Waals surface area contributed by atoms with E-state index >= 15 is 0 Å². The topological polar surface area (TPSA) is 60.9 Å². The van der Waals surface area contributed by atoms with Crippen molar-refractivity contribution >= 4 is 5.78 Å². The zero-order valence-corrected chi connectivity index (χ0v) is 12.5. The third kappa shape index (κ3) is 4.53. The van der Waals surface area contributed by atoms with E-state index in [9.17, 15) is 4.79 Å². The number of nitrogens with two attached hydrogens (primary N) is 1. The summed E-state index contributed by atoms with van der Waals surface area (Å²) < 4.78 is 2.05. The molecule has 0 amide bonds. The van der Waals surface area contributed by atoms with Crippen molar-refractivity contribution in [1.29, 1.82) is 0 Å². The van der Waals surface area contributed by atoms with Crippen molar-refractivity contribution in [3.05, 3.63) is 54.1 Å². The van der Waals surface area contributed by atoms with E-state index in [1.165, 1.54) is 0 Å². The van der Waals surface area contributed by atoms with Crippen LogP contribution in [0.3, 0.4) is 0 Å². The molecule has 2 N–H and O–H groups in total. The summed E-state index contributed by atoms with van der Waals surface area (Å²) in [4.78, 5) is 16.4. The Labute approximate surface area is 126 Å². The van der Waals surface area contributed by atoms with E-state index in [1.807, 2.05) is 36.5 Å². The fourth-order valence-corrected chi connectivity index (χ4v) is 2.40. The summed E-state index contributed by atoms with van der Waals surface area (Å²) in [7, 11) is 0. The highest BCUT2D eigenvalue weighted by molar-refractivity contribution is 5.80. The number of imidazole rings is 1. The van der Waals surface area contributed by atoms with Crippen LogP contribution >= 0.6 is 0 Å². The Kier molecular flexibility index (Phi) is 5.69. The molecule has 0 fully saturated rings. The number of rotatable bonds is 8. The van der Waals surface area contributed by atoms with Gasteiger partial charge in [-0.3, -0.25) is 4.79 Å². The molecule has 1 heterocycles. The Morgan fingerprint density at radius 1 is 1.33 bits per heavy atom. The van der Waals surface area contributed by atoms with E-state index in [0.29, 0.717) is 19.3 Å². The van der Waals surface area contributed by atoms with Gasteiger partial charge in [0, 0.05) is 31.4 Å². The minimum atomic E-state index is -0.0782. The smallest absolute Gasteiger partial charge is 0.140 e. The van der Waals surface area contributed by atoms with Crippen molar-refractivity contribution in [2.24, 2.45) is 5.73 Å². The van der Waals surface area contributed by atoms with E-state index in [4.69, 9.17) is 5.73 Å². The lowest BCUT2D eigenvalue weighted by Crippen LogP contribution is -2.14. The van der Waals surface area contributed by atoms with Gasteiger partial charge in [-0.15, -0.1) is 0 Å². The molecule has 1 aromatic carbocycles. The molecule has 0 radical (unpaired) electrons. The van der Waals surface area contributed by atoms with Crippen molar-refractivity contribution in [3.63, 3.8) is 0 Å². The summed E-state index contributed by atoms with van der Waals surface area (Å²) in [6, 6.07) is 9.84. The van der Waals surface area contributed by atoms with Crippen LogP contribution in [-0.4, -0.2) is 15.3 Å². The van der Waals surface area contributed by atoms with Gasteiger partial charge in [-0.2, -0.15) is 0 Å². The van der Waals surface area contributed by atoms with Gasteiger partial charge in [0.1, 0.15) is 11.6 Å². The maximum atomic E-state index is 12.1. The van der Waals surface area contributed by atoms with Gasteiger partial charge < -0.3 is 10.3 Å². The maximum Gasteiger partial charge on any atom is 0.140 e. The van der Waals surface area contributed by atoms with Crippen molar-refractivity contribution in [3.8, 4) is 0 Å². The number of hydrogen-bond acceptors (Lipinski definition) is 3. The molecule has 0 bridgehead atoms. The van der Waals surface area contributed by atoms with E-state index in [1.54, 1.807) is 6.20 Å². The summed E-state index contributed by atoms with van der Waals surface area (Å²) >= 11 is 0. The largest absolute Gasteiger partial charge is 0.335 e. The molecule has 4 heteroatoms. The van der Waals surface area contributed by atoms with Gasteiger partial charge in [-0.05, 0) is 18.4 Å². The Morgan fingerprint density at radius 2 is 2.10 bits per heavy atom. The van der Waals surface area contributed by atoms with Crippen LogP contribution in [0.4, 0.5) is 0 Å². The molecule has 0 aliphatic heterocycles. The minimum absolute atomic E-state index is 0.0782.